The lowest BCUT2D eigenvalue weighted by Gasteiger charge is -2.34. The summed E-state index contributed by atoms with van der Waals surface area (Å²) in [5.74, 6) is 2.27. The Hall–Kier alpha value is -0.460. The molecule has 1 unspecified atom stereocenters. The molecule has 2 rings (SSSR count). The van der Waals surface area contributed by atoms with E-state index in [-0.39, 0.29) is 0 Å². The Morgan fingerprint density at radius 2 is 1.95 bits per heavy atom. The van der Waals surface area contributed by atoms with Crippen LogP contribution in [0.4, 0.5) is 0 Å². The van der Waals surface area contributed by atoms with Crippen LogP contribution in [0.25, 0.3) is 0 Å². The first-order valence-corrected chi connectivity index (χ1v) is 9.37. The quantitative estimate of drug-likeness (QED) is 0.558. The van der Waals surface area contributed by atoms with E-state index in [1.165, 1.54) is 51.3 Å². The van der Waals surface area contributed by atoms with Crippen molar-refractivity contribution in [2.75, 3.05) is 65.2 Å². The van der Waals surface area contributed by atoms with Gasteiger partial charge < -0.3 is 15.5 Å². The van der Waals surface area contributed by atoms with Crippen LogP contribution in [-0.2, 0) is 0 Å². The van der Waals surface area contributed by atoms with Crippen LogP contribution < -0.4 is 10.6 Å². The van der Waals surface area contributed by atoms with E-state index in [2.05, 4.69) is 44.1 Å². The summed E-state index contributed by atoms with van der Waals surface area (Å²) in [4.78, 5) is 9.37. The van der Waals surface area contributed by atoms with E-state index in [0.717, 1.165) is 30.8 Å². The largest absolute Gasteiger partial charge is 0.355 e. The number of nitrogens with zero attached hydrogens (tertiary/aromatic N) is 3. The Balaban J connectivity index is 1.56. The summed E-state index contributed by atoms with van der Waals surface area (Å²) in [6.07, 6.45) is 2.71. The third-order valence-electron chi connectivity index (χ3n) is 4.38. The van der Waals surface area contributed by atoms with Crippen molar-refractivity contribution >= 4 is 17.7 Å². The van der Waals surface area contributed by atoms with Crippen molar-refractivity contribution in [3.63, 3.8) is 0 Å². The van der Waals surface area contributed by atoms with Gasteiger partial charge in [0.05, 0.1) is 0 Å². The van der Waals surface area contributed by atoms with Gasteiger partial charge in [-0.15, -0.1) is 0 Å². The molecule has 2 fully saturated rings. The van der Waals surface area contributed by atoms with Gasteiger partial charge in [0.1, 0.15) is 0 Å². The Morgan fingerprint density at radius 1 is 1.19 bits per heavy atom. The molecule has 6 heteroatoms. The monoisotopic (exact) mass is 313 g/mol. The third kappa shape index (κ3) is 6.04. The minimum Gasteiger partial charge on any atom is -0.355 e. The molecule has 2 heterocycles. The van der Waals surface area contributed by atoms with Gasteiger partial charge >= 0.3 is 0 Å². The molecule has 0 spiro atoms. The second-order valence-corrected chi connectivity index (χ2v) is 7.20. The van der Waals surface area contributed by atoms with E-state index in [0.29, 0.717) is 0 Å². The lowest BCUT2D eigenvalue weighted by molar-refractivity contribution is 0.139. The van der Waals surface area contributed by atoms with Crippen LogP contribution in [0.1, 0.15) is 19.8 Å². The van der Waals surface area contributed by atoms with Gasteiger partial charge in [0.2, 0.25) is 0 Å². The average Bonchev–Trinajstić information content (AvgIpc) is 3.04. The van der Waals surface area contributed by atoms with E-state index in [9.17, 15) is 0 Å². The minimum atomic E-state index is 0.769. The summed E-state index contributed by atoms with van der Waals surface area (Å²) in [7, 11) is 1.86. The molecule has 0 aromatic rings. The molecule has 0 aromatic carbocycles. The van der Waals surface area contributed by atoms with Crippen LogP contribution >= 0.6 is 11.8 Å². The number of piperazine rings is 1. The molecule has 5 nitrogen and oxygen atoms in total. The second kappa shape index (κ2) is 9.54. The van der Waals surface area contributed by atoms with Gasteiger partial charge in [-0.3, -0.25) is 9.89 Å². The van der Waals surface area contributed by atoms with E-state index >= 15 is 0 Å². The van der Waals surface area contributed by atoms with Crippen LogP contribution in [0.2, 0.25) is 0 Å². The first-order valence-electron chi connectivity index (χ1n) is 8.32. The predicted molar refractivity (Wildman–Crippen MR) is 93.4 cm³/mol. The molecule has 0 saturated carbocycles. The van der Waals surface area contributed by atoms with Crippen molar-refractivity contribution in [1.82, 2.24) is 20.4 Å². The van der Waals surface area contributed by atoms with E-state index in [1.54, 1.807) is 0 Å². The molecule has 2 aliphatic rings. The van der Waals surface area contributed by atoms with Crippen LogP contribution in [0, 0.1) is 0 Å². The summed E-state index contributed by atoms with van der Waals surface area (Å²) in [6.45, 7) is 11.4. The molecular weight excluding hydrogens is 282 g/mol. The van der Waals surface area contributed by atoms with Crippen LogP contribution in [0.3, 0.4) is 0 Å². The highest BCUT2D eigenvalue weighted by molar-refractivity contribution is 8.00. The molecular formula is C15H31N5S. The standard InChI is InChI=1S/C15H31N5S/c1-3-19-8-10-20(11-9-19)7-6-17-15(16-2)18-13-14-5-4-12-21-14/h14H,3-13H2,1-2H3,(H2,16,17,18). The number of guanidine groups is 1. The van der Waals surface area contributed by atoms with Gasteiger partial charge in [0.15, 0.2) is 5.96 Å². The smallest absolute Gasteiger partial charge is 0.191 e. The van der Waals surface area contributed by atoms with Gasteiger partial charge in [-0.05, 0) is 25.1 Å². The zero-order valence-electron chi connectivity index (χ0n) is 13.6. The van der Waals surface area contributed by atoms with Crippen molar-refractivity contribution in [2.24, 2.45) is 4.99 Å². The van der Waals surface area contributed by atoms with Gasteiger partial charge in [0.25, 0.3) is 0 Å². The number of aliphatic imine (C=N–C) groups is 1. The van der Waals surface area contributed by atoms with Gasteiger partial charge in [-0.25, -0.2) is 0 Å². The summed E-state index contributed by atoms with van der Waals surface area (Å²) < 4.78 is 0. The van der Waals surface area contributed by atoms with Crippen molar-refractivity contribution in [2.45, 2.75) is 25.0 Å². The Labute approximate surface area is 133 Å². The molecule has 2 saturated heterocycles. The number of rotatable bonds is 6. The van der Waals surface area contributed by atoms with Crippen LogP contribution in [0.5, 0.6) is 0 Å². The van der Waals surface area contributed by atoms with Crippen molar-refractivity contribution < 1.29 is 0 Å². The highest BCUT2D eigenvalue weighted by atomic mass is 32.2. The number of likely N-dealkylation sites (N-methyl/N-ethyl adjacent to an activating group) is 1. The Bertz CT molecular complexity index is 309. The second-order valence-electron chi connectivity index (χ2n) is 5.79. The lowest BCUT2D eigenvalue weighted by atomic mass is 10.2. The number of nitrogens with one attached hydrogen (secondary N) is 2. The molecule has 0 aromatic heterocycles. The fraction of sp³-hybridized carbons (Fsp3) is 0.933. The van der Waals surface area contributed by atoms with Crippen LogP contribution in [0.15, 0.2) is 4.99 Å². The molecule has 0 bridgehead atoms. The fourth-order valence-electron chi connectivity index (χ4n) is 2.90. The first kappa shape index (κ1) is 16.9. The fourth-order valence-corrected chi connectivity index (χ4v) is 4.10. The van der Waals surface area contributed by atoms with Gasteiger partial charge in [-0.1, -0.05) is 6.92 Å². The van der Waals surface area contributed by atoms with E-state index in [1.807, 2.05) is 7.05 Å². The first-order chi connectivity index (χ1) is 10.3. The van der Waals surface area contributed by atoms with Crippen LogP contribution in [-0.4, -0.2) is 86.2 Å². The molecule has 2 N–H and O–H groups in total. The van der Waals surface area contributed by atoms with Gasteiger partial charge in [-0.2, -0.15) is 11.8 Å². The maximum Gasteiger partial charge on any atom is 0.191 e. The average molecular weight is 314 g/mol. The SMILES string of the molecule is CCN1CCN(CCNC(=NC)NCC2CCCS2)CC1. The topological polar surface area (TPSA) is 42.9 Å². The highest BCUT2D eigenvalue weighted by Crippen LogP contribution is 2.25. The highest BCUT2D eigenvalue weighted by Gasteiger charge is 2.16. The summed E-state index contributed by atoms with van der Waals surface area (Å²) >= 11 is 2.09. The molecule has 2 aliphatic heterocycles. The molecule has 21 heavy (non-hydrogen) atoms. The zero-order chi connectivity index (χ0) is 14.9. The maximum absolute atomic E-state index is 4.32. The van der Waals surface area contributed by atoms with E-state index in [4.69, 9.17) is 0 Å². The Kier molecular flexibility index (Phi) is 7.68. The summed E-state index contributed by atoms with van der Waals surface area (Å²) in [5, 5.41) is 7.67. The molecule has 1 atom stereocenters. The zero-order valence-corrected chi connectivity index (χ0v) is 14.4. The molecule has 0 aliphatic carbocycles. The number of thioether (sulfide) groups is 1. The van der Waals surface area contributed by atoms with Crippen molar-refractivity contribution in [1.29, 1.82) is 0 Å². The molecule has 122 valence electrons. The summed E-state index contributed by atoms with van der Waals surface area (Å²) in [6, 6.07) is 0. The predicted octanol–water partition coefficient (Wildman–Crippen LogP) is 0.685. The van der Waals surface area contributed by atoms with Gasteiger partial charge in [0, 0.05) is 58.1 Å². The third-order valence-corrected chi connectivity index (χ3v) is 5.78. The maximum atomic E-state index is 4.32. The summed E-state index contributed by atoms with van der Waals surface area (Å²) in [5.41, 5.74) is 0. The number of hydrogen-bond acceptors (Lipinski definition) is 4. The minimum absolute atomic E-state index is 0.769. The Morgan fingerprint density at radius 3 is 2.57 bits per heavy atom. The normalized spacial score (nSPS) is 25.2. The van der Waals surface area contributed by atoms with Crippen molar-refractivity contribution in [3.05, 3.63) is 0 Å². The number of hydrogen-bond donors (Lipinski definition) is 2. The molecule has 0 amide bonds. The lowest BCUT2D eigenvalue weighted by Crippen LogP contribution is -2.49. The van der Waals surface area contributed by atoms with Crippen molar-refractivity contribution in [3.8, 4) is 0 Å². The van der Waals surface area contributed by atoms with E-state index < -0.39 is 0 Å². The molecule has 0 radical (unpaired) electrons.